The molecule has 0 spiro atoms. The maximum absolute atomic E-state index is 12.8. The normalized spacial score (nSPS) is 22.7. The second-order valence-corrected chi connectivity index (χ2v) is 8.16. The van der Waals surface area contributed by atoms with Crippen molar-refractivity contribution in [2.24, 2.45) is 0 Å². The number of fused-ring (bicyclic) bond motifs is 2. The lowest BCUT2D eigenvalue weighted by Crippen LogP contribution is -2.50. The van der Waals surface area contributed by atoms with Crippen LogP contribution in [0.5, 0.6) is 17.2 Å². The van der Waals surface area contributed by atoms with Gasteiger partial charge in [-0.05, 0) is 50.4 Å². The van der Waals surface area contributed by atoms with Crippen molar-refractivity contribution >= 4 is 14.0 Å². The van der Waals surface area contributed by atoms with E-state index in [4.69, 9.17) is 22.2 Å². The van der Waals surface area contributed by atoms with E-state index in [9.17, 15) is 10.0 Å². The van der Waals surface area contributed by atoms with Gasteiger partial charge in [0.15, 0.2) is 5.75 Å². The standard InChI is InChI=1S/C22H26BN3O5/c1-25-16-5-6-17(25)10-15(9-16)24-22(27)19-11-20(31-23)21(12-26(19)28)30-13-14-3-7-18(29-2)8-4-14/h3-4,7-8,11-12,15-17H,5-6,9-10,13H2,1-2H3,(H,24,27)/t15?,16-,17+. The van der Waals surface area contributed by atoms with Crippen molar-refractivity contribution in [2.45, 2.75) is 50.4 Å². The first-order valence-electron chi connectivity index (χ1n) is 10.4. The van der Waals surface area contributed by atoms with Crippen molar-refractivity contribution < 1.29 is 23.7 Å². The molecule has 1 unspecified atom stereocenters. The largest absolute Gasteiger partial charge is 0.618 e. The number of carbonyl (C=O) groups excluding carboxylic acids is 1. The van der Waals surface area contributed by atoms with Gasteiger partial charge in [0.1, 0.15) is 12.4 Å². The molecule has 1 amide bonds. The second kappa shape index (κ2) is 9.05. The Morgan fingerprint density at radius 3 is 2.52 bits per heavy atom. The Morgan fingerprint density at radius 1 is 1.23 bits per heavy atom. The first kappa shape index (κ1) is 21.3. The quantitative estimate of drug-likeness (QED) is 0.415. The zero-order chi connectivity index (χ0) is 22.0. The number of ether oxygens (including phenoxy) is 2. The highest BCUT2D eigenvalue weighted by atomic mass is 16.5. The molecule has 2 fully saturated rings. The molecule has 0 saturated carbocycles. The highest BCUT2D eigenvalue weighted by Crippen LogP contribution is 2.34. The number of methoxy groups -OCH3 is 1. The van der Waals surface area contributed by atoms with E-state index < -0.39 is 5.91 Å². The molecule has 4 rings (SSSR count). The smallest absolute Gasteiger partial charge is 0.374 e. The average molecular weight is 423 g/mol. The monoisotopic (exact) mass is 423 g/mol. The third kappa shape index (κ3) is 4.56. The Bertz CT molecular complexity index is 925. The molecular formula is C22H26BN3O5. The molecule has 2 aliphatic rings. The summed E-state index contributed by atoms with van der Waals surface area (Å²) in [4.78, 5) is 15.2. The number of pyridine rings is 1. The van der Waals surface area contributed by atoms with Crippen LogP contribution >= 0.6 is 0 Å². The molecule has 1 N–H and O–H groups in total. The molecule has 2 aromatic rings. The molecule has 162 valence electrons. The molecule has 0 aliphatic carbocycles. The molecule has 9 heteroatoms. The van der Waals surface area contributed by atoms with Crippen molar-refractivity contribution in [3.63, 3.8) is 0 Å². The number of benzene rings is 1. The van der Waals surface area contributed by atoms with Crippen LogP contribution in [0.3, 0.4) is 0 Å². The van der Waals surface area contributed by atoms with Gasteiger partial charge in [0, 0.05) is 18.1 Å². The third-order valence-electron chi connectivity index (χ3n) is 6.33. The minimum atomic E-state index is -0.441. The van der Waals surface area contributed by atoms with E-state index >= 15 is 0 Å². The Balaban J connectivity index is 1.43. The summed E-state index contributed by atoms with van der Waals surface area (Å²) in [6.45, 7) is 0.199. The van der Waals surface area contributed by atoms with Gasteiger partial charge in [-0.3, -0.25) is 4.79 Å². The van der Waals surface area contributed by atoms with Gasteiger partial charge in [-0.25, -0.2) is 0 Å². The molecule has 3 atom stereocenters. The van der Waals surface area contributed by atoms with E-state index in [2.05, 4.69) is 17.3 Å². The summed E-state index contributed by atoms with van der Waals surface area (Å²) in [6.07, 6.45) is 5.25. The number of carbonyl (C=O) groups is 1. The number of piperidine rings is 1. The number of nitrogens with one attached hydrogen (secondary N) is 1. The van der Waals surface area contributed by atoms with Gasteiger partial charge >= 0.3 is 14.0 Å². The van der Waals surface area contributed by atoms with Crippen molar-refractivity contribution in [3.05, 3.63) is 53.0 Å². The van der Waals surface area contributed by atoms with E-state index in [-0.39, 0.29) is 29.8 Å². The lowest BCUT2D eigenvalue weighted by molar-refractivity contribution is -0.608. The van der Waals surface area contributed by atoms with Gasteiger partial charge in [0.05, 0.1) is 13.2 Å². The van der Waals surface area contributed by atoms with Gasteiger partial charge in [0.25, 0.3) is 5.69 Å². The van der Waals surface area contributed by atoms with Crippen LogP contribution in [0.1, 0.15) is 41.7 Å². The van der Waals surface area contributed by atoms with Gasteiger partial charge in [-0.2, -0.15) is 4.73 Å². The summed E-state index contributed by atoms with van der Waals surface area (Å²) in [6, 6.07) is 9.67. The second-order valence-electron chi connectivity index (χ2n) is 8.16. The molecule has 1 aromatic carbocycles. The number of amides is 1. The van der Waals surface area contributed by atoms with E-state index in [1.807, 2.05) is 24.3 Å². The number of hydrogen-bond donors (Lipinski definition) is 1. The minimum Gasteiger partial charge on any atom is -0.618 e. The predicted octanol–water partition coefficient (Wildman–Crippen LogP) is 1.72. The fourth-order valence-electron chi connectivity index (χ4n) is 4.54. The maximum Gasteiger partial charge on any atom is 0.374 e. The van der Waals surface area contributed by atoms with Crippen LogP contribution in [0, 0.1) is 5.21 Å². The summed E-state index contributed by atoms with van der Waals surface area (Å²) >= 11 is 0. The maximum atomic E-state index is 12.8. The van der Waals surface area contributed by atoms with Crippen LogP contribution in [-0.4, -0.2) is 51.1 Å². The summed E-state index contributed by atoms with van der Waals surface area (Å²) in [5.74, 6) is 0.570. The Kier molecular flexibility index (Phi) is 6.22. The first-order chi connectivity index (χ1) is 15.0. The lowest BCUT2D eigenvalue weighted by atomic mass is 9.98. The van der Waals surface area contributed by atoms with Crippen molar-refractivity contribution in [1.29, 1.82) is 0 Å². The molecule has 31 heavy (non-hydrogen) atoms. The predicted molar refractivity (Wildman–Crippen MR) is 114 cm³/mol. The molecular weight excluding hydrogens is 397 g/mol. The van der Waals surface area contributed by atoms with E-state index in [0.717, 1.165) is 37.0 Å². The fraction of sp³-hybridized carbons (Fsp3) is 0.455. The number of hydrogen-bond acceptors (Lipinski definition) is 6. The Morgan fingerprint density at radius 2 is 1.90 bits per heavy atom. The average Bonchev–Trinajstić information content (AvgIpc) is 2.98. The third-order valence-corrected chi connectivity index (χ3v) is 6.33. The highest BCUT2D eigenvalue weighted by molar-refractivity contribution is 6.00. The van der Waals surface area contributed by atoms with Crippen LogP contribution in [-0.2, 0) is 6.61 Å². The Hall–Kier alpha value is -2.94. The fourth-order valence-corrected chi connectivity index (χ4v) is 4.54. The van der Waals surface area contributed by atoms with Gasteiger partial charge in [-0.15, -0.1) is 0 Å². The molecule has 2 radical (unpaired) electrons. The topological polar surface area (TPSA) is 87.0 Å². The Labute approximate surface area is 183 Å². The zero-order valence-electron chi connectivity index (χ0n) is 17.7. The molecule has 2 bridgehead atoms. The van der Waals surface area contributed by atoms with E-state index in [1.165, 1.54) is 12.3 Å². The van der Waals surface area contributed by atoms with Crippen molar-refractivity contribution in [3.8, 4) is 17.2 Å². The van der Waals surface area contributed by atoms with E-state index in [0.29, 0.717) is 16.8 Å². The minimum absolute atomic E-state index is 0.0504. The van der Waals surface area contributed by atoms with E-state index in [1.54, 1.807) is 7.11 Å². The zero-order valence-corrected chi connectivity index (χ0v) is 17.7. The summed E-state index contributed by atoms with van der Waals surface area (Å²) in [7, 11) is 9.11. The van der Waals surface area contributed by atoms with Gasteiger partial charge in [-0.1, -0.05) is 12.1 Å². The highest BCUT2D eigenvalue weighted by Gasteiger charge is 2.39. The van der Waals surface area contributed by atoms with Crippen molar-refractivity contribution in [2.75, 3.05) is 14.2 Å². The first-order valence-corrected chi connectivity index (χ1v) is 10.4. The molecule has 2 aliphatic heterocycles. The number of nitrogens with zero attached hydrogens (tertiary/aromatic N) is 2. The molecule has 1 aromatic heterocycles. The molecule has 8 nitrogen and oxygen atoms in total. The van der Waals surface area contributed by atoms with Crippen LogP contribution in [0.4, 0.5) is 0 Å². The van der Waals surface area contributed by atoms with Crippen molar-refractivity contribution in [1.82, 2.24) is 10.2 Å². The van der Waals surface area contributed by atoms with Crippen LogP contribution in [0.2, 0.25) is 0 Å². The summed E-state index contributed by atoms with van der Waals surface area (Å²) in [5.41, 5.74) is 0.795. The summed E-state index contributed by atoms with van der Waals surface area (Å²) < 4.78 is 16.2. The van der Waals surface area contributed by atoms with Crippen LogP contribution in [0.15, 0.2) is 36.5 Å². The molecule has 2 saturated heterocycles. The lowest BCUT2D eigenvalue weighted by Gasteiger charge is -2.36. The molecule has 3 heterocycles. The number of aromatic nitrogens is 1. The van der Waals surface area contributed by atoms with Gasteiger partial charge < -0.3 is 29.6 Å². The van der Waals surface area contributed by atoms with Gasteiger partial charge in [0.2, 0.25) is 11.9 Å². The summed E-state index contributed by atoms with van der Waals surface area (Å²) in [5, 5.41) is 15.5. The van der Waals surface area contributed by atoms with Crippen LogP contribution < -0.4 is 24.2 Å². The van der Waals surface area contributed by atoms with Crippen LogP contribution in [0.25, 0.3) is 0 Å². The SMILES string of the molecule is [B]Oc1cc(C(=O)NC2C[C@H]3CC[C@@H](C2)N3C)[n+]([O-])cc1OCc1ccc(OC)cc1. The number of rotatable bonds is 7.